The van der Waals surface area contributed by atoms with Gasteiger partial charge in [-0.25, -0.2) is 4.98 Å². The summed E-state index contributed by atoms with van der Waals surface area (Å²) in [6.07, 6.45) is 2.82. The molecule has 1 aliphatic rings. The molecule has 0 atom stereocenters. The van der Waals surface area contributed by atoms with Crippen LogP contribution in [0, 0.1) is 6.92 Å². The van der Waals surface area contributed by atoms with Crippen LogP contribution < -0.4 is 0 Å². The van der Waals surface area contributed by atoms with Gasteiger partial charge in [0, 0.05) is 35.1 Å². The molecule has 0 aliphatic carbocycles. The molecule has 0 radical (unpaired) electrons. The number of aryl methyl sites for hydroxylation is 1. The number of carbonyl (C=O) groups excluding carboxylic acids is 1. The van der Waals surface area contributed by atoms with Crippen LogP contribution in [0.4, 0.5) is 0 Å². The standard InChI is InChI=1S/C16H15N3OS2/c1-10-18-14(9-22-10)12-6-13(17-7-12)16(20)19-4-2-15-11(8-19)3-5-21-15/h3,5-7,9,17H,2,4,8H2,1H3. The maximum atomic E-state index is 12.7. The largest absolute Gasteiger partial charge is 0.357 e. The van der Waals surface area contributed by atoms with Crippen LogP contribution in [0.3, 0.4) is 0 Å². The van der Waals surface area contributed by atoms with Gasteiger partial charge in [0.05, 0.1) is 10.7 Å². The van der Waals surface area contributed by atoms with Gasteiger partial charge in [0.2, 0.25) is 0 Å². The van der Waals surface area contributed by atoms with E-state index in [1.165, 1.54) is 10.4 Å². The second-order valence-electron chi connectivity index (χ2n) is 5.40. The van der Waals surface area contributed by atoms with Gasteiger partial charge >= 0.3 is 0 Å². The van der Waals surface area contributed by atoms with Crippen LogP contribution in [0.5, 0.6) is 0 Å². The summed E-state index contributed by atoms with van der Waals surface area (Å²) in [7, 11) is 0. The summed E-state index contributed by atoms with van der Waals surface area (Å²) in [5.74, 6) is 0.0649. The molecule has 1 aliphatic heterocycles. The maximum absolute atomic E-state index is 12.7. The number of aromatic nitrogens is 2. The Kier molecular flexibility index (Phi) is 3.35. The Bertz CT molecular complexity index is 830. The second-order valence-corrected chi connectivity index (χ2v) is 7.46. The van der Waals surface area contributed by atoms with E-state index in [4.69, 9.17) is 0 Å². The van der Waals surface area contributed by atoms with E-state index in [-0.39, 0.29) is 5.91 Å². The summed E-state index contributed by atoms with van der Waals surface area (Å²) in [4.78, 5) is 23.6. The summed E-state index contributed by atoms with van der Waals surface area (Å²) in [6, 6.07) is 4.03. The zero-order chi connectivity index (χ0) is 15.1. The molecule has 22 heavy (non-hydrogen) atoms. The Balaban J connectivity index is 1.55. The Morgan fingerprint density at radius 3 is 3.14 bits per heavy atom. The van der Waals surface area contributed by atoms with E-state index >= 15 is 0 Å². The Morgan fingerprint density at radius 2 is 2.32 bits per heavy atom. The maximum Gasteiger partial charge on any atom is 0.270 e. The Hall–Kier alpha value is -1.92. The van der Waals surface area contributed by atoms with E-state index in [1.807, 2.05) is 29.5 Å². The molecule has 0 unspecified atom stereocenters. The molecule has 112 valence electrons. The average Bonchev–Trinajstić information content (AvgIpc) is 3.25. The highest BCUT2D eigenvalue weighted by Crippen LogP contribution is 2.26. The number of nitrogens with zero attached hydrogens (tertiary/aromatic N) is 2. The van der Waals surface area contributed by atoms with E-state index in [0.717, 1.165) is 29.2 Å². The highest BCUT2D eigenvalue weighted by molar-refractivity contribution is 7.10. The van der Waals surface area contributed by atoms with Gasteiger partial charge in [-0.05, 0) is 36.4 Å². The second kappa shape index (κ2) is 5.37. The van der Waals surface area contributed by atoms with Crippen LogP contribution in [0.1, 0.15) is 25.9 Å². The van der Waals surface area contributed by atoms with Gasteiger partial charge in [-0.1, -0.05) is 0 Å². The molecule has 3 aromatic heterocycles. The lowest BCUT2D eigenvalue weighted by molar-refractivity contribution is 0.0730. The number of fused-ring (bicyclic) bond motifs is 1. The molecule has 1 N–H and O–H groups in total. The van der Waals surface area contributed by atoms with Crippen LogP contribution in [0.15, 0.2) is 29.1 Å². The fourth-order valence-electron chi connectivity index (χ4n) is 2.75. The average molecular weight is 329 g/mol. The van der Waals surface area contributed by atoms with Crippen LogP contribution in [0.2, 0.25) is 0 Å². The number of rotatable bonds is 2. The van der Waals surface area contributed by atoms with Gasteiger partial charge in [0.25, 0.3) is 5.91 Å². The molecule has 3 aromatic rings. The molecule has 0 bridgehead atoms. The molecule has 4 heterocycles. The molecule has 0 aromatic carbocycles. The number of thiazole rings is 1. The van der Waals surface area contributed by atoms with Gasteiger partial charge < -0.3 is 9.88 Å². The van der Waals surface area contributed by atoms with Gasteiger partial charge in [0.1, 0.15) is 5.69 Å². The lowest BCUT2D eigenvalue weighted by atomic mass is 10.1. The van der Waals surface area contributed by atoms with Gasteiger partial charge in [-0.3, -0.25) is 4.79 Å². The minimum atomic E-state index is 0.0649. The fourth-order valence-corrected chi connectivity index (χ4v) is 4.27. The third-order valence-electron chi connectivity index (χ3n) is 3.92. The van der Waals surface area contributed by atoms with Crippen molar-refractivity contribution in [1.29, 1.82) is 0 Å². The summed E-state index contributed by atoms with van der Waals surface area (Å²) in [6.45, 7) is 3.48. The number of hydrogen-bond donors (Lipinski definition) is 1. The van der Waals surface area contributed by atoms with E-state index in [0.29, 0.717) is 12.2 Å². The van der Waals surface area contributed by atoms with Crippen molar-refractivity contribution < 1.29 is 4.79 Å². The third-order valence-corrected chi connectivity index (χ3v) is 5.72. The van der Waals surface area contributed by atoms with Crippen molar-refractivity contribution in [2.24, 2.45) is 0 Å². The first-order chi connectivity index (χ1) is 10.7. The van der Waals surface area contributed by atoms with Crippen molar-refractivity contribution in [3.05, 3.63) is 50.2 Å². The predicted molar refractivity (Wildman–Crippen MR) is 89.4 cm³/mol. The fraction of sp³-hybridized carbons (Fsp3) is 0.250. The van der Waals surface area contributed by atoms with E-state index in [9.17, 15) is 4.79 Å². The van der Waals surface area contributed by atoms with Crippen molar-refractivity contribution >= 4 is 28.6 Å². The predicted octanol–water partition coefficient (Wildman–Crippen LogP) is 3.71. The first kappa shape index (κ1) is 13.7. The van der Waals surface area contributed by atoms with Crippen LogP contribution in [-0.2, 0) is 13.0 Å². The van der Waals surface area contributed by atoms with E-state index in [1.54, 1.807) is 22.7 Å². The molecular formula is C16H15N3OS2. The molecule has 0 saturated heterocycles. The molecule has 0 spiro atoms. The molecule has 6 heteroatoms. The molecule has 4 nitrogen and oxygen atoms in total. The van der Waals surface area contributed by atoms with Crippen LogP contribution >= 0.6 is 22.7 Å². The number of aromatic amines is 1. The molecule has 0 saturated carbocycles. The van der Waals surface area contributed by atoms with Crippen LogP contribution in [0.25, 0.3) is 11.3 Å². The smallest absolute Gasteiger partial charge is 0.270 e. The Morgan fingerprint density at radius 1 is 1.41 bits per heavy atom. The van der Waals surface area contributed by atoms with Gasteiger partial charge in [-0.15, -0.1) is 22.7 Å². The zero-order valence-electron chi connectivity index (χ0n) is 12.1. The van der Waals surface area contributed by atoms with Gasteiger partial charge in [-0.2, -0.15) is 0 Å². The van der Waals surface area contributed by atoms with Crippen molar-refractivity contribution in [3.8, 4) is 11.3 Å². The normalized spacial score (nSPS) is 14.1. The number of amides is 1. The number of thiophene rings is 1. The number of H-pyrrole nitrogens is 1. The summed E-state index contributed by atoms with van der Waals surface area (Å²) in [5, 5.41) is 5.16. The first-order valence-electron chi connectivity index (χ1n) is 7.16. The quantitative estimate of drug-likeness (QED) is 0.779. The van der Waals surface area contributed by atoms with Gasteiger partial charge in [0.15, 0.2) is 0 Å². The SMILES string of the molecule is Cc1nc(-c2c[nH]c(C(=O)N3CCc4sccc4C3)c2)cs1. The highest BCUT2D eigenvalue weighted by atomic mass is 32.1. The molecule has 1 amide bonds. The van der Waals surface area contributed by atoms with E-state index in [2.05, 4.69) is 21.4 Å². The van der Waals surface area contributed by atoms with Crippen LogP contribution in [-0.4, -0.2) is 27.3 Å². The minimum absolute atomic E-state index is 0.0649. The number of carbonyl (C=O) groups is 1. The van der Waals surface area contributed by atoms with Crippen molar-refractivity contribution in [1.82, 2.24) is 14.9 Å². The van der Waals surface area contributed by atoms with E-state index < -0.39 is 0 Å². The molecule has 4 rings (SSSR count). The first-order valence-corrected chi connectivity index (χ1v) is 8.92. The lowest BCUT2D eigenvalue weighted by Gasteiger charge is -2.26. The number of nitrogens with one attached hydrogen (secondary N) is 1. The lowest BCUT2D eigenvalue weighted by Crippen LogP contribution is -2.35. The number of hydrogen-bond acceptors (Lipinski definition) is 4. The Labute approximate surface area is 136 Å². The highest BCUT2D eigenvalue weighted by Gasteiger charge is 2.23. The summed E-state index contributed by atoms with van der Waals surface area (Å²) >= 11 is 3.40. The van der Waals surface area contributed by atoms with Crippen molar-refractivity contribution in [2.75, 3.05) is 6.54 Å². The molecular weight excluding hydrogens is 314 g/mol. The summed E-state index contributed by atoms with van der Waals surface area (Å²) in [5.41, 5.74) is 3.82. The third kappa shape index (κ3) is 2.38. The topological polar surface area (TPSA) is 49.0 Å². The van der Waals surface area contributed by atoms with Crippen molar-refractivity contribution in [3.63, 3.8) is 0 Å². The molecule has 0 fully saturated rings. The minimum Gasteiger partial charge on any atom is -0.357 e. The monoisotopic (exact) mass is 329 g/mol. The zero-order valence-corrected chi connectivity index (χ0v) is 13.8. The van der Waals surface area contributed by atoms with Crippen molar-refractivity contribution in [2.45, 2.75) is 19.9 Å². The summed E-state index contributed by atoms with van der Waals surface area (Å²) < 4.78 is 0.